The van der Waals surface area contributed by atoms with Gasteiger partial charge in [0.25, 0.3) is 0 Å². The maximum atomic E-state index is 9.18. The molecule has 0 radical (unpaired) electrons. The van der Waals surface area contributed by atoms with Gasteiger partial charge in [-0.1, -0.05) is 13.8 Å². The summed E-state index contributed by atoms with van der Waals surface area (Å²) in [6.45, 7) is 4.11. The summed E-state index contributed by atoms with van der Waals surface area (Å²) in [5.74, 6) is 0.335. The van der Waals surface area contributed by atoms with Crippen molar-refractivity contribution in [2.45, 2.75) is 25.9 Å². The molecule has 0 aromatic carbocycles. The third-order valence-corrected chi connectivity index (χ3v) is 2.27. The summed E-state index contributed by atoms with van der Waals surface area (Å²) in [7, 11) is 0. The second kappa shape index (κ2) is 4.39. The Hall–Kier alpha value is -0.870. The molecule has 2 atom stereocenters. The molecular weight excluding hydrogens is 166 g/mol. The molecule has 3 N–H and O–H groups in total. The number of hydrogen-bond donors (Lipinski definition) is 2. The summed E-state index contributed by atoms with van der Waals surface area (Å²) in [6.07, 6.45) is 3.51. The predicted molar refractivity (Wildman–Crippen MR) is 51.2 cm³/mol. The van der Waals surface area contributed by atoms with Gasteiger partial charge in [0.05, 0.1) is 12.6 Å². The third kappa shape index (κ3) is 2.29. The molecule has 2 unspecified atom stereocenters. The van der Waals surface area contributed by atoms with Gasteiger partial charge in [-0.3, -0.25) is 4.68 Å². The van der Waals surface area contributed by atoms with Crippen LogP contribution in [0.2, 0.25) is 0 Å². The highest BCUT2D eigenvalue weighted by Crippen LogP contribution is 2.14. The van der Waals surface area contributed by atoms with Crippen molar-refractivity contribution >= 4 is 0 Å². The molecule has 0 bridgehead atoms. The first-order valence-corrected chi connectivity index (χ1v) is 4.52. The van der Waals surface area contributed by atoms with E-state index in [0.717, 1.165) is 0 Å². The van der Waals surface area contributed by atoms with Gasteiger partial charge in [-0.15, -0.1) is 0 Å². The first-order valence-electron chi connectivity index (χ1n) is 4.52. The highest BCUT2D eigenvalue weighted by molar-refractivity contribution is 4.86. The van der Waals surface area contributed by atoms with Gasteiger partial charge in [0.1, 0.15) is 0 Å². The van der Waals surface area contributed by atoms with Crippen LogP contribution >= 0.6 is 0 Å². The number of nitrogens with zero attached hydrogens (tertiary/aromatic N) is 2. The van der Waals surface area contributed by atoms with E-state index in [4.69, 9.17) is 5.73 Å². The topological polar surface area (TPSA) is 64.1 Å². The highest BCUT2D eigenvalue weighted by Gasteiger charge is 2.21. The van der Waals surface area contributed by atoms with E-state index in [2.05, 4.69) is 5.10 Å². The lowest BCUT2D eigenvalue weighted by Crippen LogP contribution is -2.39. The molecule has 0 saturated carbocycles. The maximum Gasteiger partial charge on any atom is 0.0902 e. The van der Waals surface area contributed by atoms with Gasteiger partial charge in [0.15, 0.2) is 0 Å². The Kier molecular flexibility index (Phi) is 3.45. The van der Waals surface area contributed by atoms with Crippen LogP contribution < -0.4 is 5.73 Å². The molecule has 4 heteroatoms. The molecule has 1 rings (SSSR count). The lowest BCUT2D eigenvalue weighted by atomic mass is 9.98. The average Bonchev–Trinajstić information content (AvgIpc) is 2.58. The zero-order chi connectivity index (χ0) is 9.84. The van der Waals surface area contributed by atoms with Crippen molar-refractivity contribution in [2.24, 2.45) is 11.7 Å². The largest absolute Gasteiger partial charge is 0.394 e. The minimum atomic E-state index is -0.116. The van der Waals surface area contributed by atoms with Gasteiger partial charge < -0.3 is 10.8 Å². The van der Waals surface area contributed by atoms with Gasteiger partial charge >= 0.3 is 0 Å². The quantitative estimate of drug-likeness (QED) is 0.710. The summed E-state index contributed by atoms with van der Waals surface area (Å²) < 4.78 is 1.71. The fourth-order valence-electron chi connectivity index (χ4n) is 1.30. The lowest BCUT2D eigenvalue weighted by Gasteiger charge is -2.25. The summed E-state index contributed by atoms with van der Waals surface area (Å²) in [5, 5.41) is 13.2. The molecular formula is C9H17N3O. The number of hydrogen-bond acceptors (Lipinski definition) is 3. The Morgan fingerprint density at radius 3 is 2.62 bits per heavy atom. The summed E-state index contributed by atoms with van der Waals surface area (Å²) >= 11 is 0. The lowest BCUT2D eigenvalue weighted by molar-refractivity contribution is 0.179. The van der Waals surface area contributed by atoms with E-state index >= 15 is 0 Å². The fraction of sp³-hybridized carbons (Fsp3) is 0.667. The average molecular weight is 183 g/mol. The third-order valence-electron chi connectivity index (χ3n) is 2.27. The van der Waals surface area contributed by atoms with Crippen molar-refractivity contribution in [1.29, 1.82) is 0 Å². The monoisotopic (exact) mass is 183 g/mol. The van der Waals surface area contributed by atoms with Crippen LogP contribution in [0, 0.1) is 5.92 Å². The van der Waals surface area contributed by atoms with Crippen molar-refractivity contribution in [3.63, 3.8) is 0 Å². The standard InChI is InChI=1S/C9H17N3O/c1-7(2)9(10)8(6-13)12-5-3-4-11-12/h3-5,7-9,13H,6,10H2,1-2H3. The molecule has 0 fully saturated rings. The Morgan fingerprint density at radius 1 is 1.54 bits per heavy atom. The molecule has 0 amide bonds. The number of aliphatic hydroxyl groups is 1. The van der Waals surface area contributed by atoms with Gasteiger partial charge in [-0.05, 0) is 12.0 Å². The molecule has 1 aromatic rings. The van der Waals surface area contributed by atoms with Crippen LogP contribution in [-0.4, -0.2) is 27.5 Å². The number of aliphatic hydroxyl groups excluding tert-OH is 1. The number of nitrogens with two attached hydrogens (primary N) is 1. The molecule has 1 aromatic heterocycles. The van der Waals surface area contributed by atoms with Gasteiger partial charge in [0, 0.05) is 18.4 Å². The molecule has 13 heavy (non-hydrogen) atoms. The van der Waals surface area contributed by atoms with Crippen molar-refractivity contribution < 1.29 is 5.11 Å². The van der Waals surface area contributed by atoms with E-state index in [1.54, 1.807) is 10.9 Å². The molecule has 1 heterocycles. The van der Waals surface area contributed by atoms with Crippen molar-refractivity contribution in [3.8, 4) is 0 Å². The van der Waals surface area contributed by atoms with Crippen molar-refractivity contribution in [3.05, 3.63) is 18.5 Å². The minimum absolute atomic E-state index is 0.0288. The van der Waals surface area contributed by atoms with E-state index < -0.39 is 0 Å². The molecule has 0 aliphatic heterocycles. The van der Waals surface area contributed by atoms with Gasteiger partial charge in [-0.2, -0.15) is 5.10 Å². The Labute approximate surface area is 78.4 Å². The number of rotatable bonds is 4. The molecule has 0 aliphatic carbocycles. The molecule has 4 nitrogen and oxygen atoms in total. The molecule has 74 valence electrons. The van der Waals surface area contributed by atoms with Crippen molar-refractivity contribution in [2.75, 3.05) is 6.61 Å². The molecule has 0 aliphatic rings. The van der Waals surface area contributed by atoms with Crippen LogP contribution in [0.15, 0.2) is 18.5 Å². The summed E-state index contributed by atoms with van der Waals surface area (Å²) in [4.78, 5) is 0. The van der Waals surface area contributed by atoms with Crippen molar-refractivity contribution in [1.82, 2.24) is 9.78 Å². The Morgan fingerprint density at radius 2 is 2.23 bits per heavy atom. The number of aromatic nitrogens is 2. The Bertz CT molecular complexity index is 233. The van der Waals surface area contributed by atoms with Crippen LogP contribution in [0.3, 0.4) is 0 Å². The van der Waals surface area contributed by atoms with E-state index in [-0.39, 0.29) is 18.7 Å². The SMILES string of the molecule is CC(C)C(N)C(CO)n1cccn1. The van der Waals surface area contributed by atoms with Crippen LogP contribution in [0.1, 0.15) is 19.9 Å². The van der Waals surface area contributed by atoms with Crippen LogP contribution in [0.4, 0.5) is 0 Å². The van der Waals surface area contributed by atoms with Crippen LogP contribution in [0.5, 0.6) is 0 Å². The second-order valence-electron chi connectivity index (χ2n) is 3.56. The smallest absolute Gasteiger partial charge is 0.0902 e. The highest BCUT2D eigenvalue weighted by atomic mass is 16.3. The zero-order valence-electron chi connectivity index (χ0n) is 8.09. The van der Waals surface area contributed by atoms with E-state index in [1.165, 1.54) is 0 Å². The zero-order valence-corrected chi connectivity index (χ0v) is 8.09. The second-order valence-corrected chi connectivity index (χ2v) is 3.56. The summed E-state index contributed by atoms with van der Waals surface area (Å²) in [5.41, 5.74) is 5.94. The van der Waals surface area contributed by atoms with Gasteiger partial charge in [0.2, 0.25) is 0 Å². The first-order chi connectivity index (χ1) is 6.16. The predicted octanol–water partition coefficient (Wildman–Crippen LogP) is 0.400. The molecule has 0 saturated heterocycles. The first kappa shape index (κ1) is 10.2. The normalized spacial score (nSPS) is 16.1. The Balaban J connectivity index is 2.74. The maximum absolute atomic E-state index is 9.18. The van der Waals surface area contributed by atoms with E-state index in [1.807, 2.05) is 26.1 Å². The van der Waals surface area contributed by atoms with E-state index in [0.29, 0.717) is 5.92 Å². The van der Waals surface area contributed by atoms with Crippen LogP contribution in [0.25, 0.3) is 0 Å². The summed E-state index contributed by atoms with van der Waals surface area (Å²) in [6, 6.07) is 1.65. The van der Waals surface area contributed by atoms with Gasteiger partial charge in [-0.25, -0.2) is 0 Å². The molecule has 0 spiro atoms. The van der Waals surface area contributed by atoms with Crippen LogP contribution in [-0.2, 0) is 0 Å². The van der Waals surface area contributed by atoms with E-state index in [9.17, 15) is 5.11 Å². The fourth-order valence-corrected chi connectivity index (χ4v) is 1.30. The minimum Gasteiger partial charge on any atom is -0.394 e.